The van der Waals surface area contributed by atoms with Crippen LogP contribution in [0.1, 0.15) is 12.0 Å². The first kappa shape index (κ1) is 20.8. The van der Waals surface area contributed by atoms with Crippen molar-refractivity contribution in [3.63, 3.8) is 0 Å². The monoisotopic (exact) mass is 412 g/mol. The van der Waals surface area contributed by atoms with Gasteiger partial charge in [-0.2, -0.15) is 0 Å². The molecule has 1 aromatic heterocycles. The number of H-pyrrole nitrogens is 1. The van der Waals surface area contributed by atoms with Crippen molar-refractivity contribution < 1.29 is 19.1 Å². The molecule has 2 aromatic carbocycles. The average Bonchev–Trinajstić information content (AvgIpc) is 3.16. The Morgan fingerprint density at radius 1 is 1.10 bits per heavy atom. The SMILES string of the molecule is COC(=O)[C@@H](Cc1c[nH]c2ccccc12)NC(=O)CCSc1ccc(OC)cc1. The molecule has 3 aromatic rings. The summed E-state index contributed by atoms with van der Waals surface area (Å²) in [6, 6.07) is 14.8. The summed E-state index contributed by atoms with van der Waals surface area (Å²) in [7, 11) is 2.96. The number of nitrogens with one attached hydrogen (secondary N) is 2. The van der Waals surface area contributed by atoms with Crippen LogP contribution in [0.3, 0.4) is 0 Å². The summed E-state index contributed by atoms with van der Waals surface area (Å²) in [6.07, 6.45) is 2.54. The van der Waals surface area contributed by atoms with Crippen molar-refractivity contribution in [1.29, 1.82) is 0 Å². The first-order chi connectivity index (χ1) is 14.1. The number of aromatic nitrogens is 1. The molecule has 7 heteroatoms. The number of para-hydroxylation sites is 1. The lowest BCUT2D eigenvalue weighted by atomic mass is 10.0. The minimum atomic E-state index is -0.724. The predicted molar refractivity (Wildman–Crippen MR) is 114 cm³/mol. The predicted octanol–water partition coefficient (Wildman–Crippen LogP) is 3.56. The van der Waals surface area contributed by atoms with Crippen LogP contribution < -0.4 is 10.1 Å². The lowest BCUT2D eigenvalue weighted by Crippen LogP contribution is -2.43. The lowest BCUT2D eigenvalue weighted by Gasteiger charge is -2.16. The molecule has 0 unspecified atom stereocenters. The van der Waals surface area contributed by atoms with Crippen LogP contribution in [0.15, 0.2) is 59.6 Å². The van der Waals surface area contributed by atoms with Gasteiger partial charge >= 0.3 is 5.97 Å². The first-order valence-electron chi connectivity index (χ1n) is 9.29. The van der Waals surface area contributed by atoms with Gasteiger partial charge in [-0.25, -0.2) is 4.79 Å². The second-order valence-electron chi connectivity index (χ2n) is 6.48. The van der Waals surface area contributed by atoms with E-state index < -0.39 is 12.0 Å². The number of ether oxygens (including phenoxy) is 2. The van der Waals surface area contributed by atoms with Crippen molar-refractivity contribution in [3.8, 4) is 5.75 Å². The van der Waals surface area contributed by atoms with Crippen molar-refractivity contribution in [1.82, 2.24) is 10.3 Å². The Hall–Kier alpha value is -2.93. The van der Waals surface area contributed by atoms with Crippen LogP contribution in [0.2, 0.25) is 0 Å². The van der Waals surface area contributed by atoms with Crippen LogP contribution >= 0.6 is 11.8 Å². The van der Waals surface area contributed by atoms with Gasteiger partial charge in [0.05, 0.1) is 14.2 Å². The van der Waals surface area contributed by atoms with Gasteiger partial charge in [0.25, 0.3) is 0 Å². The second-order valence-corrected chi connectivity index (χ2v) is 7.65. The highest BCUT2D eigenvalue weighted by Gasteiger charge is 2.23. The summed E-state index contributed by atoms with van der Waals surface area (Å²) >= 11 is 1.58. The fraction of sp³-hybridized carbons (Fsp3) is 0.273. The maximum atomic E-state index is 12.4. The van der Waals surface area contributed by atoms with E-state index >= 15 is 0 Å². The van der Waals surface area contributed by atoms with E-state index in [-0.39, 0.29) is 5.91 Å². The topological polar surface area (TPSA) is 80.4 Å². The molecular formula is C22H24N2O4S. The van der Waals surface area contributed by atoms with Crippen LogP contribution in [-0.2, 0) is 20.7 Å². The number of esters is 1. The summed E-state index contributed by atoms with van der Waals surface area (Å²) in [5.41, 5.74) is 1.96. The number of aromatic amines is 1. The number of hydrogen-bond acceptors (Lipinski definition) is 5. The Balaban J connectivity index is 1.56. The van der Waals surface area contributed by atoms with Gasteiger partial charge in [0.15, 0.2) is 0 Å². The molecule has 152 valence electrons. The van der Waals surface area contributed by atoms with Crippen LogP contribution in [0.5, 0.6) is 5.75 Å². The van der Waals surface area contributed by atoms with E-state index in [4.69, 9.17) is 9.47 Å². The molecule has 0 aliphatic rings. The van der Waals surface area contributed by atoms with E-state index in [1.54, 1.807) is 18.9 Å². The van der Waals surface area contributed by atoms with Crippen molar-refractivity contribution >= 4 is 34.5 Å². The van der Waals surface area contributed by atoms with E-state index in [1.165, 1.54) is 7.11 Å². The molecule has 0 spiro atoms. The quantitative estimate of drug-likeness (QED) is 0.415. The molecular weight excluding hydrogens is 388 g/mol. The fourth-order valence-electron chi connectivity index (χ4n) is 3.06. The van der Waals surface area contributed by atoms with E-state index in [9.17, 15) is 9.59 Å². The molecule has 0 fully saturated rings. The van der Waals surface area contributed by atoms with Gasteiger partial charge in [-0.15, -0.1) is 11.8 Å². The Labute approximate surface area is 174 Å². The van der Waals surface area contributed by atoms with Gasteiger partial charge in [0.1, 0.15) is 11.8 Å². The van der Waals surface area contributed by atoms with Crippen LogP contribution in [-0.4, -0.2) is 42.9 Å². The van der Waals surface area contributed by atoms with Crippen LogP contribution in [0.4, 0.5) is 0 Å². The van der Waals surface area contributed by atoms with Gasteiger partial charge in [-0.1, -0.05) is 18.2 Å². The van der Waals surface area contributed by atoms with Gasteiger partial charge in [-0.3, -0.25) is 4.79 Å². The zero-order valence-corrected chi connectivity index (χ0v) is 17.3. The van der Waals surface area contributed by atoms with Crippen molar-refractivity contribution in [2.24, 2.45) is 0 Å². The summed E-state index contributed by atoms with van der Waals surface area (Å²) in [5, 5.41) is 3.85. The average molecular weight is 413 g/mol. The van der Waals surface area contributed by atoms with Gasteiger partial charge in [-0.05, 0) is 35.9 Å². The summed E-state index contributed by atoms with van der Waals surface area (Å²) in [4.78, 5) is 28.8. The highest BCUT2D eigenvalue weighted by molar-refractivity contribution is 7.99. The van der Waals surface area contributed by atoms with Crippen molar-refractivity contribution in [2.75, 3.05) is 20.0 Å². The molecule has 2 N–H and O–H groups in total. The number of amides is 1. The van der Waals surface area contributed by atoms with E-state index in [2.05, 4.69) is 10.3 Å². The third kappa shape index (κ3) is 5.54. The Morgan fingerprint density at radius 2 is 1.86 bits per heavy atom. The standard InChI is InChI=1S/C22H24N2O4S/c1-27-16-7-9-17(10-8-16)29-12-11-21(25)24-20(22(26)28-2)13-15-14-23-19-6-4-3-5-18(15)19/h3-10,14,20,23H,11-13H2,1-2H3,(H,24,25)/t20-/m1/s1. The lowest BCUT2D eigenvalue weighted by molar-refractivity contribution is -0.145. The molecule has 0 saturated heterocycles. The smallest absolute Gasteiger partial charge is 0.328 e. The zero-order chi connectivity index (χ0) is 20.6. The third-order valence-corrected chi connectivity index (χ3v) is 5.59. The molecule has 6 nitrogen and oxygen atoms in total. The van der Waals surface area contributed by atoms with Crippen LogP contribution in [0.25, 0.3) is 10.9 Å². The number of hydrogen-bond donors (Lipinski definition) is 2. The minimum absolute atomic E-state index is 0.179. The molecule has 1 amide bonds. The van der Waals surface area contributed by atoms with Gasteiger partial charge < -0.3 is 19.8 Å². The third-order valence-electron chi connectivity index (χ3n) is 4.58. The normalized spacial score (nSPS) is 11.8. The Kier molecular flexibility index (Phi) is 7.19. The van der Waals surface area contributed by atoms with Crippen LogP contribution in [0, 0.1) is 0 Å². The molecule has 3 rings (SSSR count). The molecule has 29 heavy (non-hydrogen) atoms. The fourth-order valence-corrected chi connectivity index (χ4v) is 3.91. The molecule has 0 aliphatic heterocycles. The van der Waals surface area contributed by atoms with Gasteiger partial charge in [0, 0.05) is 40.6 Å². The molecule has 0 aliphatic carbocycles. The maximum absolute atomic E-state index is 12.4. The highest BCUT2D eigenvalue weighted by atomic mass is 32.2. The van der Waals surface area contributed by atoms with Gasteiger partial charge in [0.2, 0.25) is 5.91 Å². The number of methoxy groups -OCH3 is 2. The maximum Gasteiger partial charge on any atom is 0.328 e. The number of benzene rings is 2. The highest BCUT2D eigenvalue weighted by Crippen LogP contribution is 2.22. The molecule has 0 saturated carbocycles. The zero-order valence-electron chi connectivity index (χ0n) is 16.4. The minimum Gasteiger partial charge on any atom is -0.497 e. The van der Waals surface area contributed by atoms with Crippen molar-refractivity contribution in [3.05, 3.63) is 60.3 Å². The van der Waals surface area contributed by atoms with E-state index in [1.807, 2.05) is 54.7 Å². The number of carbonyl (C=O) groups excluding carboxylic acids is 2. The molecule has 1 atom stereocenters. The summed E-state index contributed by atoms with van der Waals surface area (Å²) in [6.45, 7) is 0. The van der Waals surface area contributed by atoms with Crippen molar-refractivity contribution in [2.45, 2.75) is 23.8 Å². The number of thioether (sulfide) groups is 1. The number of rotatable bonds is 9. The molecule has 1 heterocycles. The largest absolute Gasteiger partial charge is 0.497 e. The van der Waals surface area contributed by atoms with E-state index in [0.29, 0.717) is 18.6 Å². The molecule has 0 bridgehead atoms. The summed E-state index contributed by atoms with van der Waals surface area (Å²) < 4.78 is 10.0. The second kappa shape index (κ2) is 10.0. The number of fused-ring (bicyclic) bond motifs is 1. The van der Waals surface area contributed by atoms with E-state index in [0.717, 1.165) is 27.1 Å². The Bertz CT molecular complexity index is 968. The summed E-state index contributed by atoms with van der Waals surface area (Å²) in [5.74, 6) is 0.775. The molecule has 0 radical (unpaired) electrons. The first-order valence-corrected chi connectivity index (χ1v) is 10.3. The number of carbonyl (C=O) groups is 2. The Morgan fingerprint density at radius 3 is 2.59 bits per heavy atom.